The Morgan fingerprint density at radius 1 is 1.50 bits per heavy atom. The zero-order chi connectivity index (χ0) is 13.1. The van der Waals surface area contributed by atoms with Gasteiger partial charge in [-0.1, -0.05) is 6.92 Å². The van der Waals surface area contributed by atoms with Crippen molar-refractivity contribution in [2.24, 2.45) is 5.73 Å². The Labute approximate surface area is 113 Å². The fourth-order valence-electron chi connectivity index (χ4n) is 1.48. The number of nitrogens with one attached hydrogen (secondary N) is 1. The highest BCUT2D eigenvalue weighted by Crippen LogP contribution is 2.23. The van der Waals surface area contributed by atoms with Crippen molar-refractivity contribution in [2.75, 3.05) is 5.32 Å². The third-order valence-electron chi connectivity index (χ3n) is 2.41. The van der Waals surface area contributed by atoms with E-state index in [-0.39, 0.29) is 5.91 Å². The van der Waals surface area contributed by atoms with Crippen LogP contribution in [-0.4, -0.2) is 15.9 Å². The molecule has 0 saturated carbocycles. The van der Waals surface area contributed by atoms with Crippen molar-refractivity contribution < 1.29 is 4.79 Å². The molecule has 0 unspecified atom stereocenters. The number of hydrogen-bond donors (Lipinski definition) is 2. The maximum Gasteiger partial charge on any atom is 0.276 e. The van der Waals surface area contributed by atoms with E-state index in [9.17, 15) is 4.79 Å². The van der Waals surface area contributed by atoms with Crippen molar-refractivity contribution in [3.05, 3.63) is 26.7 Å². The van der Waals surface area contributed by atoms with Crippen LogP contribution in [0, 0.1) is 6.92 Å². The third-order valence-corrected chi connectivity index (χ3v) is 4.21. The van der Waals surface area contributed by atoms with Crippen LogP contribution in [0.15, 0.2) is 5.38 Å². The molecular formula is C11H14N4OS2. The zero-order valence-electron chi connectivity index (χ0n) is 10.2. The van der Waals surface area contributed by atoms with Crippen LogP contribution in [0.2, 0.25) is 0 Å². The van der Waals surface area contributed by atoms with Crippen molar-refractivity contribution in [2.45, 2.75) is 26.8 Å². The first-order chi connectivity index (χ1) is 8.63. The summed E-state index contributed by atoms with van der Waals surface area (Å²) in [5.41, 5.74) is 6.88. The summed E-state index contributed by atoms with van der Waals surface area (Å²) in [4.78, 5) is 21.5. The van der Waals surface area contributed by atoms with E-state index in [1.54, 1.807) is 5.38 Å². The number of nitrogens with zero attached hydrogens (tertiary/aromatic N) is 2. The minimum atomic E-state index is -0.234. The first kappa shape index (κ1) is 13.1. The van der Waals surface area contributed by atoms with Gasteiger partial charge in [-0.25, -0.2) is 9.97 Å². The lowest BCUT2D eigenvalue weighted by Crippen LogP contribution is -2.12. The van der Waals surface area contributed by atoms with Gasteiger partial charge in [0, 0.05) is 16.8 Å². The minimum absolute atomic E-state index is 0.234. The second-order valence-electron chi connectivity index (χ2n) is 3.66. The number of carbonyl (C=O) groups excluding carboxylic acids is 1. The van der Waals surface area contributed by atoms with Crippen LogP contribution >= 0.6 is 22.7 Å². The predicted molar refractivity (Wildman–Crippen MR) is 74.2 cm³/mol. The van der Waals surface area contributed by atoms with Gasteiger partial charge in [-0.3, -0.25) is 10.1 Å². The van der Waals surface area contributed by atoms with Gasteiger partial charge < -0.3 is 5.73 Å². The van der Waals surface area contributed by atoms with Crippen molar-refractivity contribution >= 4 is 33.7 Å². The Kier molecular flexibility index (Phi) is 4.05. The van der Waals surface area contributed by atoms with Gasteiger partial charge in [-0.2, -0.15) is 0 Å². The SMILES string of the molecule is CCc1nc(NC(=O)c2csc(CN)n2)sc1C. The van der Waals surface area contributed by atoms with Gasteiger partial charge in [0.05, 0.1) is 5.69 Å². The highest BCUT2D eigenvalue weighted by molar-refractivity contribution is 7.15. The van der Waals surface area contributed by atoms with Gasteiger partial charge in [0.15, 0.2) is 5.13 Å². The first-order valence-electron chi connectivity index (χ1n) is 5.56. The van der Waals surface area contributed by atoms with E-state index >= 15 is 0 Å². The number of hydrogen-bond acceptors (Lipinski definition) is 6. The van der Waals surface area contributed by atoms with E-state index in [0.29, 0.717) is 17.4 Å². The molecule has 0 atom stereocenters. The molecule has 0 saturated heterocycles. The summed E-state index contributed by atoms with van der Waals surface area (Å²) in [5, 5.41) is 5.85. The van der Waals surface area contributed by atoms with Gasteiger partial charge in [-0.15, -0.1) is 22.7 Å². The van der Waals surface area contributed by atoms with Gasteiger partial charge >= 0.3 is 0 Å². The van der Waals surface area contributed by atoms with E-state index in [4.69, 9.17) is 5.73 Å². The molecule has 0 aromatic carbocycles. The second-order valence-corrected chi connectivity index (χ2v) is 5.81. The number of thiazole rings is 2. The van der Waals surface area contributed by atoms with Crippen LogP contribution in [-0.2, 0) is 13.0 Å². The Morgan fingerprint density at radius 3 is 2.83 bits per heavy atom. The lowest BCUT2D eigenvalue weighted by Gasteiger charge is -1.97. The molecule has 2 aromatic rings. The molecule has 3 N–H and O–H groups in total. The maximum absolute atomic E-state index is 11.9. The molecule has 1 amide bonds. The van der Waals surface area contributed by atoms with Crippen LogP contribution in [0.1, 0.15) is 33.0 Å². The van der Waals surface area contributed by atoms with Crippen LogP contribution < -0.4 is 11.1 Å². The van der Waals surface area contributed by atoms with E-state index in [0.717, 1.165) is 22.0 Å². The number of nitrogens with two attached hydrogens (primary N) is 1. The Hall–Kier alpha value is -1.31. The van der Waals surface area contributed by atoms with E-state index in [2.05, 4.69) is 15.3 Å². The smallest absolute Gasteiger partial charge is 0.276 e. The Morgan fingerprint density at radius 2 is 2.28 bits per heavy atom. The number of carbonyl (C=O) groups is 1. The molecule has 0 radical (unpaired) electrons. The Balaban J connectivity index is 2.10. The lowest BCUT2D eigenvalue weighted by molar-refractivity contribution is 0.102. The quantitative estimate of drug-likeness (QED) is 0.900. The van der Waals surface area contributed by atoms with Crippen molar-refractivity contribution in [3.63, 3.8) is 0 Å². The van der Waals surface area contributed by atoms with Crippen LogP contribution in [0.25, 0.3) is 0 Å². The largest absolute Gasteiger partial charge is 0.325 e. The molecule has 0 aliphatic heterocycles. The molecule has 5 nitrogen and oxygen atoms in total. The Bertz CT molecular complexity index is 561. The predicted octanol–water partition coefficient (Wildman–Crippen LogP) is 2.18. The van der Waals surface area contributed by atoms with Crippen molar-refractivity contribution in [3.8, 4) is 0 Å². The number of aromatic nitrogens is 2. The van der Waals surface area contributed by atoms with E-state index < -0.39 is 0 Å². The number of amides is 1. The monoisotopic (exact) mass is 282 g/mol. The zero-order valence-corrected chi connectivity index (χ0v) is 11.8. The fourth-order valence-corrected chi connectivity index (χ4v) is 3.03. The van der Waals surface area contributed by atoms with Crippen LogP contribution in [0.4, 0.5) is 5.13 Å². The molecule has 0 bridgehead atoms. The van der Waals surface area contributed by atoms with Gasteiger partial charge in [0.2, 0.25) is 0 Å². The first-order valence-corrected chi connectivity index (χ1v) is 7.25. The summed E-state index contributed by atoms with van der Waals surface area (Å²) >= 11 is 2.87. The maximum atomic E-state index is 11.9. The molecule has 2 heterocycles. The molecule has 18 heavy (non-hydrogen) atoms. The highest BCUT2D eigenvalue weighted by Gasteiger charge is 2.13. The minimum Gasteiger partial charge on any atom is -0.325 e. The van der Waals surface area contributed by atoms with Gasteiger partial charge in [-0.05, 0) is 13.3 Å². The molecule has 7 heteroatoms. The van der Waals surface area contributed by atoms with Crippen LogP contribution in [0.5, 0.6) is 0 Å². The molecule has 0 aliphatic rings. The van der Waals surface area contributed by atoms with Crippen molar-refractivity contribution in [1.82, 2.24) is 9.97 Å². The molecule has 2 aromatic heterocycles. The van der Waals surface area contributed by atoms with Gasteiger partial charge in [0.25, 0.3) is 5.91 Å². The third kappa shape index (κ3) is 2.74. The summed E-state index contributed by atoms with van der Waals surface area (Å²) in [5.74, 6) is -0.234. The molecule has 96 valence electrons. The molecular weight excluding hydrogens is 268 g/mol. The number of rotatable bonds is 4. The average Bonchev–Trinajstić information content (AvgIpc) is 2.95. The molecule has 0 spiro atoms. The van der Waals surface area contributed by atoms with Crippen LogP contribution in [0.3, 0.4) is 0 Å². The average molecular weight is 282 g/mol. The molecule has 2 rings (SSSR count). The van der Waals surface area contributed by atoms with E-state index in [1.807, 2.05) is 13.8 Å². The summed E-state index contributed by atoms with van der Waals surface area (Å²) < 4.78 is 0. The molecule has 0 fully saturated rings. The fraction of sp³-hybridized carbons (Fsp3) is 0.364. The normalized spacial score (nSPS) is 10.6. The highest BCUT2D eigenvalue weighted by atomic mass is 32.1. The summed E-state index contributed by atoms with van der Waals surface area (Å²) in [6.07, 6.45) is 0.867. The summed E-state index contributed by atoms with van der Waals surface area (Å²) in [7, 11) is 0. The van der Waals surface area contributed by atoms with Crippen molar-refractivity contribution in [1.29, 1.82) is 0 Å². The summed E-state index contributed by atoms with van der Waals surface area (Å²) in [6.45, 7) is 4.40. The van der Waals surface area contributed by atoms with E-state index in [1.165, 1.54) is 22.7 Å². The topological polar surface area (TPSA) is 80.9 Å². The number of aryl methyl sites for hydroxylation is 2. The molecule has 0 aliphatic carbocycles. The standard InChI is InChI=1S/C11H14N4OS2/c1-3-7-6(2)18-11(14-7)15-10(16)8-5-17-9(4-12)13-8/h5H,3-4,12H2,1-2H3,(H,14,15,16). The second kappa shape index (κ2) is 5.55. The summed E-state index contributed by atoms with van der Waals surface area (Å²) in [6, 6.07) is 0. The van der Waals surface area contributed by atoms with Gasteiger partial charge in [0.1, 0.15) is 10.7 Å². The lowest BCUT2D eigenvalue weighted by atomic mass is 10.3. The number of anilines is 1.